The van der Waals surface area contributed by atoms with Crippen molar-refractivity contribution in [1.82, 2.24) is 5.32 Å². The molecule has 1 nitrogen and oxygen atoms in total. The summed E-state index contributed by atoms with van der Waals surface area (Å²) in [5, 5.41) is 4.40. The summed E-state index contributed by atoms with van der Waals surface area (Å²) >= 11 is 2.22. The van der Waals surface area contributed by atoms with E-state index in [0.717, 1.165) is 17.2 Å². The molecule has 0 aromatic heterocycles. The highest BCUT2D eigenvalue weighted by molar-refractivity contribution is 7.99. The number of nitrogens with one attached hydrogen (secondary N) is 1. The topological polar surface area (TPSA) is 12.0 Å². The lowest BCUT2D eigenvalue weighted by molar-refractivity contribution is 0.295. The van der Waals surface area contributed by atoms with Gasteiger partial charge >= 0.3 is 0 Å². The summed E-state index contributed by atoms with van der Waals surface area (Å²) in [4.78, 5) is 0. The van der Waals surface area contributed by atoms with Crippen LogP contribution in [0.3, 0.4) is 0 Å². The molecule has 0 radical (unpaired) electrons. The van der Waals surface area contributed by atoms with Gasteiger partial charge in [-0.3, -0.25) is 0 Å². The van der Waals surface area contributed by atoms with E-state index < -0.39 is 0 Å². The summed E-state index contributed by atoms with van der Waals surface area (Å²) in [6, 6.07) is 0.773. The lowest BCUT2D eigenvalue weighted by Crippen LogP contribution is -2.40. The number of thioether (sulfide) groups is 1. The molecule has 0 amide bonds. The Labute approximate surface area is 106 Å². The summed E-state index contributed by atoms with van der Waals surface area (Å²) in [5.74, 6) is 2.37. The maximum atomic E-state index is 3.52. The van der Waals surface area contributed by atoms with Crippen LogP contribution in [-0.2, 0) is 0 Å². The van der Waals surface area contributed by atoms with E-state index in [2.05, 4.69) is 38.0 Å². The fourth-order valence-corrected chi connectivity index (χ4v) is 4.45. The minimum atomic E-state index is 0.773. The third-order valence-corrected chi connectivity index (χ3v) is 5.27. The van der Waals surface area contributed by atoms with E-state index in [1.807, 2.05) is 0 Å². The van der Waals surface area contributed by atoms with Crippen LogP contribution in [0, 0.1) is 5.92 Å². The fraction of sp³-hybridized carbons (Fsp3) is 1.00. The third-order valence-electron chi connectivity index (χ3n) is 3.80. The molecule has 1 N–H and O–H groups in total. The molecule has 96 valence electrons. The van der Waals surface area contributed by atoms with Crippen LogP contribution in [0.15, 0.2) is 0 Å². The number of unbranched alkanes of at least 4 members (excludes halogenated alkanes) is 1. The molecule has 3 unspecified atom stereocenters. The number of hydrogen-bond donors (Lipinski definition) is 1. The van der Waals surface area contributed by atoms with Crippen LogP contribution in [0.4, 0.5) is 0 Å². The van der Waals surface area contributed by atoms with Gasteiger partial charge in [-0.15, -0.1) is 0 Å². The highest BCUT2D eigenvalue weighted by Crippen LogP contribution is 2.35. The summed E-state index contributed by atoms with van der Waals surface area (Å²) in [5.41, 5.74) is 0. The van der Waals surface area contributed by atoms with Gasteiger partial charge in [-0.25, -0.2) is 0 Å². The van der Waals surface area contributed by atoms with Gasteiger partial charge in [-0.1, -0.05) is 33.1 Å². The van der Waals surface area contributed by atoms with Crippen molar-refractivity contribution in [3.05, 3.63) is 0 Å². The zero-order chi connectivity index (χ0) is 11.8. The van der Waals surface area contributed by atoms with Gasteiger partial charge in [0.2, 0.25) is 0 Å². The van der Waals surface area contributed by atoms with Gasteiger partial charge in [0.25, 0.3) is 0 Å². The molecular weight excluding hydrogens is 214 g/mol. The first-order valence-corrected chi connectivity index (χ1v) is 8.15. The smallest absolute Gasteiger partial charge is 0.0203 e. The molecule has 1 aliphatic carbocycles. The predicted octanol–water partition coefficient (Wildman–Crippen LogP) is 4.08. The molecule has 0 aromatic carbocycles. The Morgan fingerprint density at radius 2 is 2.00 bits per heavy atom. The highest BCUT2D eigenvalue weighted by atomic mass is 32.2. The van der Waals surface area contributed by atoms with Crippen LogP contribution >= 0.6 is 11.8 Å². The standard InChI is InChI=1S/C14H29NS/c1-4-6-10-16-14-11-12(7-5-2)8-9-13(14)15-3/h12-15H,4-11H2,1-3H3. The Morgan fingerprint density at radius 3 is 2.62 bits per heavy atom. The van der Waals surface area contributed by atoms with E-state index in [-0.39, 0.29) is 0 Å². The quantitative estimate of drug-likeness (QED) is 0.676. The van der Waals surface area contributed by atoms with Crippen molar-refractivity contribution in [2.45, 2.75) is 70.1 Å². The molecule has 2 heteroatoms. The van der Waals surface area contributed by atoms with Gasteiger partial charge in [0.05, 0.1) is 0 Å². The normalized spacial score (nSPS) is 30.6. The molecule has 1 saturated carbocycles. The van der Waals surface area contributed by atoms with Crippen molar-refractivity contribution >= 4 is 11.8 Å². The van der Waals surface area contributed by atoms with Crippen LogP contribution in [0.25, 0.3) is 0 Å². The molecule has 0 heterocycles. The Bertz CT molecular complexity index is 172. The van der Waals surface area contributed by atoms with Gasteiger partial charge in [0.1, 0.15) is 0 Å². The average molecular weight is 243 g/mol. The molecule has 0 bridgehead atoms. The van der Waals surface area contributed by atoms with Gasteiger partial charge in [-0.2, -0.15) is 11.8 Å². The molecule has 0 saturated heterocycles. The van der Waals surface area contributed by atoms with Crippen molar-refractivity contribution < 1.29 is 0 Å². The van der Waals surface area contributed by atoms with Crippen LogP contribution in [0.2, 0.25) is 0 Å². The Balaban J connectivity index is 2.34. The second-order valence-corrected chi connectivity index (χ2v) is 6.47. The van der Waals surface area contributed by atoms with Crippen molar-refractivity contribution in [2.75, 3.05) is 12.8 Å². The lowest BCUT2D eigenvalue weighted by Gasteiger charge is -2.35. The van der Waals surface area contributed by atoms with E-state index >= 15 is 0 Å². The second-order valence-electron chi connectivity index (χ2n) is 5.13. The molecule has 16 heavy (non-hydrogen) atoms. The molecule has 0 aromatic rings. The van der Waals surface area contributed by atoms with Crippen molar-refractivity contribution in [1.29, 1.82) is 0 Å². The largest absolute Gasteiger partial charge is 0.316 e. The zero-order valence-corrected chi connectivity index (χ0v) is 12.1. The van der Waals surface area contributed by atoms with E-state index in [4.69, 9.17) is 0 Å². The van der Waals surface area contributed by atoms with E-state index in [1.54, 1.807) is 0 Å². The number of hydrogen-bond acceptors (Lipinski definition) is 2. The minimum absolute atomic E-state index is 0.773. The SMILES string of the molecule is CCCCSC1CC(CCC)CCC1NC. The maximum Gasteiger partial charge on any atom is 0.0203 e. The Morgan fingerprint density at radius 1 is 1.19 bits per heavy atom. The van der Waals surface area contributed by atoms with Crippen molar-refractivity contribution in [3.8, 4) is 0 Å². The fourth-order valence-electron chi connectivity index (χ4n) is 2.78. The second kappa shape index (κ2) is 8.41. The maximum absolute atomic E-state index is 3.52. The summed E-state index contributed by atoms with van der Waals surface area (Å²) in [6.45, 7) is 4.61. The molecule has 0 aliphatic heterocycles. The zero-order valence-electron chi connectivity index (χ0n) is 11.3. The van der Waals surface area contributed by atoms with Gasteiger partial charge in [0, 0.05) is 11.3 Å². The van der Waals surface area contributed by atoms with E-state index in [0.29, 0.717) is 0 Å². The molecule has 1 fully saturated rings. The van der Waals surface area contributed by atoms with Crippen LogP contribution in [0.1, 0.15) is 58.8 Å². The van der Waals surface area contributed by atoms with Crippen LogP contribution < -0.4 is 5.32 Å². The number of rotatable bonds is 7. The average Bonchev–Trinajstić information content (AvgIpc) is 2.30. The van der Waals surface area contributed by atoms with E-state index in [1.165, 1.54) is 50.7 Å². The van der Waals surface area contributed by atoms with E-state index in [9.17, 15) is 0 Å². The molecule has 1 rings (SSSR count). The van der Waals surface area contributed by atoms with Gasteiger partial charge in [-0.05, 0) is 44.4 Å². The first-order valence-electron chi connectivity index (χ1n) is 7.10. The highest BCUT2D eigenvalue weighted by Gasteiger charge is 2.28. The van der Waals surface area contributed by atoms with Crippen molar-refractivity contribution in [2.24, 2.45) is 5.92 Å². The Hall–Kier alpha value is 0.310. The Kier molecular flexibility index (Phi) is 7.55. The van der Waals surface area contributed by atoms with Crippen LogP contribution in [0.5, 0.6) is 0 Å². The minimum Gasteiger partial charge on any atom is -0.316 e. The molecule has 1 aliphatic rings. The lowest BCUT2D eigenvalue weighted by atomic mass is 9.83. The summed E-state index contributed by atoms with van der Waals surface area (Å²) in [7, 11) is 2.14. The van der Waals surface area contributed by atoms with Crippen LogP contribution in [-0.4, -0.2) is 24.1 Å². The van der Waals surface area contributed by atoms with Crippen molar-refractivity contribution in [3.63, 3.8) is 0 Å². The summed E-state index contributed by atoms with van der Waals surface area (Å²) < 4.78 is 0. The monoisotopic (exact) mass is 243 g/mol. The predicted molar refractivity (Wildman–Crippen MR) is 76.3 cm³/mol. The van der Waals surface area contributed by atoms with Gasteiger partial charge in [0.15, 0.2) is 0 Å². The molecule has 3 atom stereocenters. The van der Waals surface area contributed by atoms with Gasteiger partial charge < -0.3 is 5.32 Å². The third kappa shape index (κ3) is 4.67. The first kappa shape index (κ1) is 14.4. The molecular formula is C14H29NS. The molecule has 0 spiro atoms. The first-order chi connectivity index (χ1) is 7.81. The summed E-state index contributed by atoms with van der Waals surface area (Å²) in [6.07, 6.45) is 9.82.